The van der Waals surface area contributed by atoms with E-state index in [-0.39, 0.29) is 42.0 Å². The van der Waals surface area contributed by atoms with Crippen LogP contribution in [0.4, 0.5) is 30.5 Å². The van der Waals surface area contributed by atoms with Gasteiger partial charge in [0.25, 0.3) is 5.91 Å². The maximum atomic E-state index is 14.1. The molecule has 0 bridgehead atoms. The van der Waals surface area contributed by atoms with Crippen molar-refractivity contribution in [2.24, 2.45) is 0 Å². The van der Waals surface area contributed by atoms with Crippen LogP contribution in [0.15, 0.2) is 59.6 Å². The van der Waals surface area contributed by atoms with Gasteiger partial charge < -0.3 is 35.8 Å². The van der Waals surface area contributed by atoms with Gasteiger partial charge in [0.15, 0.2) is 0 Å². The smallest absolute Gasteiger partial charge is 0.423 e. The predicted octanol–water partition coefficient (Wildman–Crippen LogP) is 6.46. The molecule has 7 atom stereocenters. The molecule has 1 aliphatic rings. The van der Waals surface area contributed by atoms with Crippen molar-refractivity contribution >= 4 is 60.1 Å². The number of carbonyl (C=O) groups is 3. The van der Waals surface area contributed by atoms with Crippen molar-refractivity contribution in [1.82, 2.24) is 25.7 Å². The highest BCUT2D eigenvalue weighted by Crippen LogP contribution is 2.47. The molecular weight excluding hydrogens is 895 g/mol. The van der Waals surface area contributed by atoms with E-state index in [0.717, 1.165) is 0 Å². The number of ether oxygens (including phenoxy) is 1. The molecule has 0 saturated heterocycles. The first-order valence-electron chi connectivity index (χ1n) is 19.4. The first-order valence-corrected chi connectivity index (χ1v) is 24.2. The van der Waals surface area contributed by atoms with Crippen molar-refractivity contribution in [1.29, 1.82) is 4.78 Å². The average molecular weight is 945 g/mol. The number of halogens is 3. The summed E-state index contributed by atoms with van der Waals surface area (Å²) in [6.45, 7) is 5.12. The molecule has 63 heavy (non-hydrogen) atoms. The van der Waals surface area contributed by atoms with Crippen LogP contribution in [-0.2, 0) is 43.7 Å². The molecule has 1 aliphatic carbocycles. The summed E-state index contributed by atoms with van der Waals surface area (Å²) >= 11 is 0. The fraction of sp³-hybridized carbons (Fsp3) is 0.447. The van der Waals surface area contributed by atoms with Crippen LogP contribution < -0.4 is 30.9 Å². The number of unbranched alkanes of at least 4 members (excludes halogenated alkanes) is 2. The van der Waals surface area contributed by atoms with Gasteiger partial charge in [-0.05, 0) is 108 Å². The highest BCUT2D eigenvalue weighted by molar-refractivity contribution is 7.93. The summed E-state index contributed by atoms with van der Waals surface area (Å²) in [5, 5.41) is 21.4. The lowest BCUT2D eigenvalue weighted by atomic mass is 10.2. The number of terminal acetylenes is 1. The first-order chi connectivity index (χ1) is 29.4. The Labute approximate surface area is 362 Å². The maximum absolute atomic E-state index is 14.1. The van der Waals surface area contributed by atoms with Crippen LogP contribution in [0, 0.1) is 16.9 Å². The van der Waals surface area contributed by atoms with E-state index in [1.54, 1.807) is 5.66 Å². The zero-order valence-corrected chi connectivity index (χ0v) is 37.1. The molecule has 4 rings (SSSR count). The molecule has 1 heterocycles. The third-order valence-electron chi connectivity index (χ3n) is 9.22. The molecule has 1 saturated carbocycles. The van der Waals surface area contributed by atoms with Gasteiger partial charge in [-0.15, -0.1) is 6.42 Å². The van der Waals surface area contributed by atoms with E-state index in [1.807, 2.05) is 0 Å². The van der Waals surface area contributed by atoms with Crippen LogP contribution in [0.3, 0.4) is 0 Å². The molecule has 3 aromatic rings. The van der Waals surface area contributed by atoms with Crippen LogP contribution >= 0.6 is 15.3 Å². The van der Waals surface area contributed by atoms with Crippen LogP contribution in [0.5, 0.6) is 5.88 Å². The van der Waals surface area contributed by atoms with E-state index in [1.165, 1.54) is 76.2 Å². The van der Waals surface area contributed by atoms with Gasteiger partial charge in [0, 0.05) is 45.5 Å². The summed E-state index contributed by atoms with van der Waals surface area (Å²) < 4.78 is 106. The molecule has 1 fully saturated rings. The number of benzene rings is 2. The number of nitrogens with one attached hydrogen (secondary N) is 6. The minimum Gasteiger partial charge on any atom is -0.480 e. The van der Waals surface area contributed by atoms with Gasteiger partial charge in [-0.3, -0.25) is 28.0 Å². The van der Waals surface area contributed by atoms with Crippen LogP contribution in [-0.4, -0.2) is 84.7 Å². The number of hydrogen-bond acceptors (Lipinski definition) is 13. The maximum Gasteiger partial charge on any atom is 0.423 e. The summed E-state index contributed by atoms with van der Waals surface area (Å²) in [6, 6.07) is 8.96. The largest absolute Gasteiger partial charge is 0.480 e. The number of nitrogens with zero attached hydrogens (tertiary/aromatic N) is 2. The van der Waals surface area contributed by atoms with Crippen molar-refractivity contribution < 1.29 is 64.7 Å². The molecule has 2 aromatic carbocycles. The molecule has 0 radical (unpaired) electrons. The summed E-state index contributed by atoms with van der Waals surface area (Å²) in [7, 11) is -11.5. The Hall–Kier alpha value is -5.07. The lowest BCUT2D eigenvalue weighted by Gasteiger charge is -2.29. The zero-order valence-electron chi connectivity index (χ0n) is 34.5. The molecule has 0 aliphatic heterocycles. The number of rotatable bonds is 24. The molecule has 1 aromatic heterocycles. The van der Waals surface area contributed by atoms with Gasteiger partial charge in [0.1, 0.15) is 23.8 Å². The topological polar surface area (TPSA) is 280 Å². The summed E-state index contributed by atoms with van der Waals surface area (Å²) in [5.74, 6) is -3.83. The van der Waals surface area contributed by atoms with Crippen molar-refractivity contribution in [2.75, 3.05) is 23.6 Å². The Bertz CT molecular complexity index is 2350. The number of carboxylic acids is 1. The second-order valence-corrected chi connectivity index (χ2v) is 20.1. The van der Waals surface area contributed by atoms with E-state index >= 15 is 0 Å². The third kappa shape index (κ3) is 15.3. The van der Waals surface area contributed by atoms with Gasteiger partial charge in [-0.1, -0.05) is 0 Å². The second-order valence-electron chi connectivity index (χ2n) is 14.5. The van der Waals surface area contributed by atoms with Crippen LogP contribution in [0.1, 0.15) is 75.7 Å². The van der Waals surface area contributed by atoms with Crippen molar-refractivity contribution in [3.63, 3.8) is 0 Å². The van der Waals surface area contributed by atoms with E-state index in [4.69, 9.17) is 25.0 Å². The second kappa shape index (κ2) is 21.5. The predicted molar refractivity (Wildman–Crippen MR) is 226 cm³/mol. The first kappa shape index (κ1) is 50.6. The number of anilines is 3. The van der Waals surface area contributed by atoms with Gasteiger partial charge >= 0.3 is 27.4 Å². The lowest BCUT2D eigenvalue weighted by molar-refractivity contribution is -0.141. The SMILES string of the molecule is C#CP(=O)(O)Nc1ccc(C(=O)NCCCCCOP(=O)(NC(C)C(=O)NC(C)C(=O)O)O[C@H](C)[C@@H](C)Oc2nc(Nc3ccc(S(=N)(=O)C4CC4)cc3)ncc2C(F)(F)F)cc1. The molecule has 344 valence electrons. The molecule has 5 unspecified atom stereocenters. The number of carboxylic acid groups (broad SMARTS) is 1. The fourth-order valence-corrected chi connectivity index (χ4v) is 9.39. The fourth-order valence-electron chi connectivity index (χ4n) is 5.34. The van der Waals surface area contributed by atoms with Gasteiger partial charge in [0.2, 0.25) is 17.7 Å². The van der Waals surface area contributed by atoms with Crippen molar-refractivity contribution in [3.05, 3.63) is 65.9 Å². The highest BCUT2D eigenvalue weighted by atomic mass is 32.2. The molecule has 25 heteroatoms. The number of aromatic nitrogens is 2. The zero-order chi connectivity index (χ0) is 46.8. The number of aliphatic carboxylic acids is 1. The standard InChI is InChI=1S/C38H49F3N8O11P2S/c1-6-61(54,55)49-29-12-10-27(11-13-29)34(51)43-20-8-7-9-21-58-62(56,48-23(2)33(50)45-24(3)36(52)53)60-26(5)25(4)59-35-32(38(39,40)41)22-44-37(47-35)46-28-14-16-30(17-15-28)63(42,57)31-18-19-31/h1,10-17,22-26,31,42H,7-9,18-21H2,2-5H3,(H,43,51)(H,45,50)(H,48,56)(H,52,53)(H,44,46,47)(H2,49,54,55)/t23?,24?,25-,26-,62?,63?/m1/s1. The Kier molecular flexibility index (Phi) is 17.3. The Morgan fingerprint density at radius 2 is 1.62 bits per heavy atom. The van der Waals surface area contributed by atoms with Gasteiger partial charge in [0.05, 0.1) is 22.4 Å². The summed E-state index contributed by atoms with van der Waals surface area (Å²) in [5.41, 5.74) is 1.25. The van der Waals surface area contributed by atoms with E-state index in [9.17, 15) is 50.9 Å². The Balaban J connectivity index is 1.39. The van der Waals surface area contributed by atoms with E-state index < -0.39 is 84.7 Å². The van der Waals surface area contributed by atoms with Crippen molar-refractivity contribution in [3.8, 4) is 18.0 Å². The van der Waals surface area contributed by atoms with Crippen LogP contribution in [0.25, 0.3) is 0 Å². The molecule has 19 nitrogen and oxygen atoms in total. The third-order valence-corrected chi connectivity index (χ3v) is 14.4. The minimum absolute atomic E-state index is 0.218. The number of amides is 2. The highest BCUT2D eigenvalue weighted by Gasteiger charge is 2.39. The summed E-state index contributed by atoms with van der Waals surface area (Å²) in [4.78, 5) is 54.2. The molecule has 2 amide bonds. The van der Waals surface area contributed by atoms with Crippen molar-refractivity contribution in [2.45, 2.75) is 100 Å². The number of carbonyl (C=O) groups excluding carboxylic acids is 2. The molecular formula is C38H49F3N8O11P2S. The van der Waals surface area contributed by atoms with E-state index in [2.05, 4.69) is 36.1 Å². The number of alkyl halides is 3. The Morgan fingerprint density at radius 3 is 2.21 bits per heavy atom. The quantitative estimate of drug-likeness (QED) is 0.0272. The molecule has 0 spiro atoms. The lowest BCUT2D eigenvalue weighted by Crippen LogP contribution is -2.47. The normalized spacial score (nSPS) is 17.5. The summed E-state index contributed by atoms with van der Waals surface area (Å²) in [6.07, 6.45) is 0.473. The van der Waals surface area contributed by atoms with E-state index in [0.29, 0.717) is 42.5 Å². The monoisotopic (exact) mass is 944 g/mol. The number of hydrogen-bond donors (Lipinski definition) is 8. The van der Waals surface area contributed by atoms with Gasteiger partial charge in [-0.25, -0.2) is 23.6 Å². The van der Waals surface area contributed by atoms with Gasteiger partial charge in [-0.2, -0.15) is 18.2 Å². The average Bonchev–Trinajstić information content (AvgIpc) is 4.07. The van der Waals surface area contributed by atoms with Crippen LogP contribution in [0.2, 0.25) is 0 Å². The Morgan fingerprint density at radius 1 is 0.984 bits per heavy atom. The molecule has 8 N–H and O–H groups in total. The minimum atomic E-state index is -4.96.